The molecule has 0 aliphatic heterocycles. The first-order chi connectivity index (χ1) is 13.3. The Kier molecular flexibility index (Phi) is 7.00. The molecule has 2 aromatic rings. The fraction of sp³-hybridized carbons (Fsp3) is 0.211. The van der Waals surface area contributed by atoms with Crippen molar-refractivity contribution in [2.75, 3.05) is 31.6 Å². The zero-order chi connectivity index (χ0) is 20.7. The average Bonchev–Trinajstić information content (AvgIpc) is 2.70. The van der Waals surface area contributed by atoms with E-state index in [1.807, 2.05) is 0 Å². The Hall–Kier alpha value is -3.07. The second-order valence-corrected chi connectivity index (χ2v) is 7.46. The molecule has 0 spiro atoms. The fourth-order valence-electron chi connectivity index (χ4n) is 2.40. The van der Waals surface area contributed by atoms with Crippen molar-refractivity contribution in [2.45, 2.75) is 4.90 Å². The van der Waals surface area contributed by atoms with Crippen LogP contribution in [0.15, 0.2) is 60.0 Å². The summed E-state index contributed by atoms with van der Waals surface area (Å²) in [5, 5.41) is 2.53. The number of nitrogens with zero attached hydrogens (tertiary/aromatic N) is 1. The first-order valence-corrected chi connectivity index (χ1v) is 9.65. The number of sulfonamides is 1. The summed E-state index contributed by atoms with van der Waals surface area (Å²) in [5.41, 5.74) is 0.143. The zero-order valence-corrected chi connectivity index (χ0v) is 16.3. The molecule has 150 valence electrons. The van der Waals surface area contributed by atoms with Gasteiger partial charge in [0.15, 0.2) is 11.5 Å². The highest BCUT2D eigenvalue weighted by Gasteiger charge is 2.28. The minimum absolute atomic E-state index is 0.106. The molecule has 0 aliphatic rings. The van der Waals surface area contributed by atoms with E-state index in [4.69, 9.17) is 9.47 Å². The van der Waals surface area contributed by atoms with E-state index in [0.717, 1.165) is 16.4 Å². The summed E-state index contributed by atoms with van der Waals surface area (Å²) in [6.07, 6.45) is 1.48. The predicted octanol–water partition coefficient (Wildman–Crippen LogP) is 2.34. The van der Waals surface area contributed by atoms with E-state index in [2.05, 4.69) is 11.9 Å². The molecule has 0 bridgehead atoms. The molecule has 0 fully saturated rings. The summed E-state index contributed by atoms with van der Waals surface area (Å²) >= 11 is 0. The van der Waals surface area contributed by atoms with Gasteiger partial charge in [-0.15, -0.1) is 6.58 Å². The van der Waals surface area contributed by atoms with Gasteiger partial charge in [-0.1, -0.05) is 6.08 Å². The molecule has 0 radical (unpaired) electrons. The van der Waals surface area contributed by atoms with Crippen LogP contribution in [0.2, 0.25) is 0 Å². The summed E-state index contributed by atoms with van der Waals surface area (Å²) in [6.45, 7) is 3.19. The van der Waals surface area contributed by atoms with Crippen molar-refractivity contribution in [2.24, 2.45) is 0 Å². The number of rotatable bonds is 9. The Morgan fingerprint density at radius 3 is 2.36 bits per heavy atom. The van der Waals surface area contributed by atoms with Crippen LogP contribution in [-0.4, -0.2) is 41.6 Å². The van der Waals surface area contributed by atoms with Crippen LogP contribution < -0.4 is 19.1 Å². The quantitative estimate of drug-likeness (QED) is 0.644. The van der Waals surface area contributed by atoms with Gasteiger partial charge in [-0.25, -0.2) is 12.8 Å². The van der Waals surface area contributed by atoms with Crippen molar-refractivity contribution in [3.63, 3.8) is 0 Å². The lowest BCUT2D eigenvalue weighted by Gasteiger charge is -2.24. The molecule has 1 amide bonds. The molecule has 2 rings (SSSR count). The maximum absolute atomic E-state index is 13.3. The van der Waals surface area contributed by atoms with Crippen molar-refractivity contribution in [3.05, 3.63) is 60.9 Å². The Morgan fingerprint density at radius 1 is 1.14 bits per heavy atom. The van der Waals surface area contributed by atoms with Gasteiger partial charge in [0.05, 0.1) is 24.8 Å². The second kappa shape index (κ2) is 9.23. The highest BCUT2D eigenvalue weighted by Crippen LogP contribution is 2.32. The van der Waals surface area contributed by atoms with Crippen molar-refractivity contribution < 1.29 is 27.1 Å². The minimum Gasteiger partial charge on any atom is -0.493 e. The third-order valence-electron chi connectivity index (χ3n) is 3.79. The molecule has 9 heteroatoms. The van der Waals surface area contributed by atoms with Crippen LogP contribution in [0.4, 0.5) is 10.1 Å². The molecule has 1 N–H and O–H groups in total. The molecule has 0 saturated carbocycles. The van der Waals surface area contributed by atoms with Gasteiger partial charge < -0.3 is 14.8 Å². The number of carbonyl (C=O) groups is 1. The topological polar surface area (TPSA) is 84.9 Å². The largest absolute Gasteiger partial charge is 0.493 e. The smallest absolute Gasteiger partial charge is 0.264 e. The third-order valence-corrected chi connectivity index (χ3v) is 5.56. The molecule has 0 unspecified atom stereocenters. The standard InChI is InChI=1S/C19H21FN2O5S/c1-4-11-21-19(23)13-22(15-7-5-14(20)6-8-15)28(24,25)16-9-10-17(26-2)18(12-16)27-3/h4-10,12H,1,11,13H2,2-3H3,(H,21,23). The number of hydrogen-bond acceptors (Lipinski definition) is 5. The van der Waals surface area contributed by atoms with E-state index in [0.29, 0.717) is 5.75 Å². The van der Waals surface area contributed by atoms with Gasteiger partial charge in [-0.3, -0.25) is 9.10 Å². The molecule has 0 aliphatic carbocycles. The van der Waals surface area contributed by atoms with E-state index in [-0.39, 0.29) is 22.9 Å². The molecule has 0 aromatic heterocycles. The number of carbonyl (C=O) groups excluding carboxylic acids is 1. The van der Waals surface area contributed by atoms with Crippen LogP contribution in [0.5, 0.6) is 11.5 Å². The molecule has 0 saturated heterocycles. The van der Waals surface area contributed by atoms with E-state index in [1.54, 1.807) is 0 Å². The van der Waals surface area contributed by atoms with Gasteiger partial charge in [-0.05, 0) is 36.4 Å². The number of methoxy groups -OCH3 is 2. The van der Waals surface area contributed by atoms with E-state index in [1.165, 1.54) is 50.6 Å². The summed E-state index contributed by atoms with van der Waals surface area (Å²) in [6, 6.07) is 8.90. The average molecular weight is 408 g/mol. The van der Waals surface area contributed by atoms with Gasteiger partial charge in [-0.2, -0.15) is 0 Å². The van der Waals surface area contributed by atoms with Crippen LogP contribution in [0, 0.1) is 5.82 Å². The first kappa shape index (κ1) is 21.2. The highest BCUT2D eigenvalue weighted by atomic mass is 32.2. The molecular weight excluding hydrogens is 387 g/mol. The molecule has 7 nitrogen and oxygen atoms in total. The van der Waals surface area contributed by atoms with Gasteiger partial charge in [0.2, 0.25) is 5.91 Å². The van der Waals surface area contributed by atoms with Crippen molar-refractivity contribution >= 4 is 21.6 Å². The lowest BCUT2D eigenvalue weighted by molar-refractivity contribution is -0.119. The van der Waals surface area contributed by atoms with Gasteiger partial charge in [0, 0.05) is 12.6 Å². The maximum Gasteiger partial charge on any atom is 0.264 e. The third kappa shape index (κ3) is 4.80. The molecule has 0 atom stereocenters. The van der Waals surface area contributed by atoms with Gasteiger partial charge in [0.25, 0.3) is 10.0 Å². The SMILES string of the molecule is C=CCNC(=O)CN(c1ccc(F)cc1)S(=O)(=O)c1ccc(OC)c(OC)c1. The van der Waals surface area contributed by atoms with Crippen molar-refractivity contribution in [1.82, 2.24) is 5.32 Å². The summed E-state index contributed by atoms with van der Waals surface area (Å²) in [5.74, 6) is -0.478. The van der Waals surface area contributed by atoms with Gasteiger partial charge >= 0.3 is 0 Å². The Labute approximate surface area is 163 Å². The lowest BCUT2D eigenvalue weighted by atomic mass is 10.3. The zero-order valence-electron chi connectivity index (χ0n) is 15.5. The number of nitrogens with one attached hydrogen (secondary N) is 1. The van der Waals surface area contributed by atoms with Crippen LogP contribution in [0.1, 0.15) is 0 Å². The molecular formula is C19H21FN2O5S. The summed E-state index contributed by atoms with van der Waals surface area (Å²) in [7, 11) is -1.34. The molecule has 28 heavy (non-hydrogen) atoms. The number of amides is 1. The van der Waals surface area contributed by atoms with E-state index >= 15 is 0 Å². The number of hydrogen-bond donors (Lipinski definition) is 1. The second-order valence-electron chi connectivity index (χ2n) is 5.60. The normalized spacial score (nSPS) is 10.8. The van der Waals surface area contributed by atoms with Crippen LogP contribution >= 0.6 is 0 Å². The predicted molar refractivity (Wildman–Crippen MR) is 104 cm³/mol. The first-order valence-electron chi connectivity index (χ1n) is 8.21. The van der Waals surface area contributed by atoms with Gasteiger partial charge in [0.1, 0.15) is 12.4 Å². The minimum atomic E-state index is -4.16. The van der Waals surface area contributed by atoms with E-state index in [9.17, 15) is 17.6 Å². The highest BCUT2D eigenvalue weighted by molar-refractivity contribution is 7.92. The van der Waals surface area contributed by atoms with Crippen LogP contribution in [0.3, 0.4) is 0 Å². The molecule has 0 heterocycles. The van der Waals surface area contributed by atoms with E-state index < -0.39 is 28.3 Å². The summed E-state index contributed by atoms with van der Waals surface area (Å²) < 4.78 is 50.9. The summed E-state index contributed by atoms with van der Waals surface area (Å²) in [4.78, 5) is 12.1. The maximum atomic E-state index is 13.3. The Morgan fingerprint density at radius 2 is 1.79 bits per heavy atom. The fourth-order valence-corrected chi connectivity index (χ4v) is 3.84. The Bertz CT molecular complexity index is 945. The number of anilines is 1. The molecule has 2 aromatic carbocycles. The lowest BCUT2D eigenvalue weighted by Crippen LogP contribution is -2.41. The van der Waals surface area contributed by atoms with Crippen LogP contribution in [0.25, 0.3) is 0 Å². The number of benzene rings is 2. The van der Waals surface area contributed by atoms with Crippen molar-refractivity contribution in [3.8, 4) is 11.5 Å². The van der Waals surface area contributed by atoms with Crippen LogP contribution in [-0.2, 0) is 14.8 Å². The monoisotopic (exact) mass is 408 g/mol. The Balaban J connectivity index is 2.49. The van der Waals surface area contributed by atoms with Crippen molar-refractivity contribution in [1.29, 1.82) is 0 Å². The number of halogens is 1. The number of ether oxygens (including phenoxy) is 2.